The maximum atomic E-state index is 5.76. The lowest BCUT2D eigenvalue weighted by atomic mass is 10.0. The normalized spacial score (nSPS) is 27.9. The van der Waals surface area contributed by atoms with Crippen molar-refractivity contribution in [1.29, 1.82) is 0 Å². The summed E-state index contributed by atoms with van der Waals surface area (Å²) >= 11 is 5.91. The minimum atomic E-state index is 0.291. The van der Waals surface area contributed by atoms with Crippen molar-refractivity contribution in [3.63, 3.8) is 0 Å². The summed E-state index contributed by atoms with van der Waals surface area (Å²) in [5, 5.41) is 3.40. The van der Waals surface area contributed by atoms with E-state index < -0.39 is 0 Å². The largest absolute Gasteiger partial charge is 0.271 e. The topological polar surface area (TPSA) is 38.0 Å². The fraction of sp³-hybridized carbons (Fsp3) is 0.636. The Morgan fingerprint density at radius 1 is 1.44 bits per heavy atom. The summed E-state index contributed by atoms with van der Waals surface area (Å²) in [6.07, 6.45) is 0. The first kappa shape index (κ1) is 12.8. The van der Waals surface area contributed by atoms with Crippen LogP contribution in [0.2, 0.25) is 0 Å². The number of thiophene rings is 1. The first-order chi connectivity index (χ1) is 7.74. The fourth-order valence-corrected chi connectivity index (χ4v) is 5.77. The zero-order valence-electron chi connectivity index (χ0n) is 9.60. The molecule has 16 heavy (non-hydrogen) atoms. The van der Waals surface area contributed by atoms with Gasteiger partial charge in [-0.3, -0.25) is 11.3 Å². The third-order valence-electron chi connectivity index (χ3n) is 2.98. The van der Waals surface area contributed by atoms with E-state index in [9.17, 15) is 0 Å². The minimum Gasteiger partial charge on any atom is -0.271 e. The summed E-state index contributed by atoms with van der Waals surface area (Å²) < 4.78 is 0. The average Bonchev–Trinajstić information content (AvgIpc) is 2.69. The number of hydrogen-bond acceptors (Lipinski definition) is 5. The average molecular weight is 274 g/mol. The number of hydrazine groups is 1. The summed E-state index contributed by atoms with van der Waals surface area (Å²) in [6.45, 7) is 4.49. The van der Waals surface area contributed by atoms with Gasteiger partial charge in [-0.25, -0.2) is 0 Å². The van der Waals surface area contributed by atoms with Crippen LogP contribution in [-0.2, 0) is 0 Å². The highest BCUT2D eigenvalue weighted by Crippen LogP contribution is 2.39. The van der Waals surface area contributed by atoms with Crippen LogP contribution in [0.5, 0.6) is 0 Å². The van der Waals surface area contributed by atoms with Crippen LogP contribution in [0.4, 0.5) is 0 Å². The molecule has 3 unspecified atom stereocenters. The van der Waals surface area contributed by atoms with Gasteiger partial charge < -0.3 is 0 Å². The second-order valence-electron chi connectivity index (χ2n) is 3.99. The summed E-state index contributed by atoms with van der Waals surface area (Å²) in [6, 6.07) is 2.50. The Balaban J connectivity index is 2.18. The molecule has 0 bridgehead atoms. The highest BCUT2D eigenvalue weighted by Gasteiger charge is 2.31. The maximum Gasteiger partial charge on any atom is 0.0600 e. The zero-order chi connectivity index (χ0) is 11.5. The molecular formula is C11H18N2S3. The van der Waals surface area contributed by atoms with Crippen molar-refractivity contribution < 1.29 is 0 Å². The zero-order valence-corrected chi connectivity index (χ0v) is 12.1. The molecule has 2 nitrogen and oxygen atoms in total. The molecule has 3 N–H and O–H groups in total. The van der Waals surface area contributed by atoms with E-state index in [0.29, 0.717) is 16.5 Å². The molecule has 0 radical (unpaired) electrons. The fourth-order valence-electron chi connectivity index (χ4n) is 2.09. The van der Waals surface area contributed by atoms with Crippen LogP contribution in [0.3, 0.4) is 0 Å². The first-order valence-corrected chi connectivity index (χ1v) is 8.45. The molecule has 0 saturated carbocycles. The van der Waals surface area contributed by atoms with Gasteiger partial charge in [0.25, 0.3) is 0 Å². The molecule has 1 aromatic rings. The van der Waals surface area contributed by atoms with E-state index in [2.05, 4.69) is 54.2 Å². The number of nitrogens with two attached hydrogens (primary N) is 1. The van der Waals surface area contributed by atoms with Crippen LogP contribution < -0.4 is 11.3 Å². The van der Waals surface area contributed by atoms with E-state index in [1.807, 2.05) is 0 Å². The molecule has 1 saturated heterocycles. The van der Waals surface area contributed by atoms with Crippen molar-refractivity contribution in [3.05, 3.63) is 21.9 Å². The predicted molar refractivity (Wildman–Crippen MR) is 77.3 cm³/mol. The van der Waals surface area contributed by atoms with E-state index >= 15 is 0 Å². The number of rotatable bonds is 3. The molecule has 1 fully saturated rings. The second kappa shape index (κ2) is 5.78. The summed E-state index contributed by atoms with van der Waals surface area (Å²) in [7, 11) is 0. The first-order valence-electron chi connectivity index (χ1n) is 5.47. The Labute approximate surface area is 110 Å². The van der Waals surface area contributed by atoms with E-state index in [1.165, 1.54) is 21.9 Å². The van der Waals surface area contributed by atoms with Gasteiger partial charge in [0.05, 0.1) is 6.04 Å². The van der Waals surface area contributed by atoms with Crippen LogP contribution >= 0.6 is 34.9 Å². The third-order valence-corrected chi connectivity index (χ3v) is 7.04. The third kappa shape index (κ3) is 2.59. The lowest BCUT2D eigenvalue weighted by Crippen LogP contribution is -2.41. The molecule has 0 amide bonds. The predicted octanol–water partition coefficient (Wildman–Crippen LogP) is 2.80. The number of thioether (sulfide) groups is 2. The Morgan fingerprint density at radius 3 is 2.75 bits per heavy atom. The van der Waals surface area contributed by atoms with Crippen molar-refractivity contribution in [2.75, 3.05) is 11.5 Å². The molecule has 2 rings (SSSR count). The molecule has 1 aromatic heterocycles. The van der Waals surface area contributed by atoms with Gasteiger partial charge in [0.15, 0.2) is 0 Å². The summed E-state index contributed by atoms with van der Waals surface area (Å²) in [5.41, 5.74) is 4.39. The number of nitrogens with one attached hydrogen (secondary N) is 1. The Kier molecular flexibility index (Phi) is 4.61. The van der Waals surface area contributed by atoms with Gasteiger partial charge in [0.2, 0.25) is 0 Å². The monoisotopic (exact) mass is 274 g/mol. The van der Waals surface area contributed by atoms with Gasteiger partial charge in [-0.05, 0) is 23.9 Å². The molecule has 5 heteroatoms. The number of aryl methyl sites for hydroxylation is 1. The van der Waals surface area contributed by atoms with Crippen molar-refractivity contribution >= 4 is 34.9 Å². The van der Waals surface area contributed by atoms with E-state index in [4.69, 9.17) is 5.84 Å². The highest BCUT2D eigenvalue weighted by molar-refractivity contribution is 8.07. The molecular weight excluding hydrogens is 256 g/mol. The summed E-state index contributed by atoms with van der Waals surface area (Å²) in [4.78, 5) is 1.38. The van der Waals surface area contributed by atoms with Crippen molar-refractivity contribution in [3.8, 4) is 0 Å². The Morgan fingerprint density at radius 2 is 2.19 bits per heavy atom. The van der Waals surface area contributed by atoms with Gasteiger partial charge >= 0.3 is 0 Å². The minimum absolute atomic E-state index is 0.291. The quantitative estimate of drug-likeness (QED) is 0.656. The lowest BCUT2D eigenvalue weighted by molar-refractivity contribution is 0.526. The Hall–Kier alpha value is 0.320. The van der Waals surface area contributed by atoms with Gasteiger partial charge in [0, 0.05) is 26.9 Å². The van der Waals surface area contributed by atoms with Crippen LogP contribution in [0.1, 0.15) is 23.4 Å². The smallest absolute Gasteiger partial charge is 0.0600 e. The maximum absolute atomic E-state index is 5.76. The number of hydrogen-bond donors (Lipinski definition) is 2. The van der Waals surface area contributed by atoms with Gasteiger partial charge in [-0.1, -0.05) is 6.92 Å². The van der Waals surface area contributed by atoms with Crippen molar-refractivity contribution in [2.45, 2.75) is 30.4 Å². The second-order valence-corrected chi connectivity index (χ2v) is 7.88. The molecule has 1 aliphatic heterocycles. The van der Waals surface area contributed by atoms with E-state index in [1.54, 1.807) is 11.3 Å². The highest BCUT2D eigenvalue weighted by atomic mass is 32.2. The molecule has 90 valence electrons. The van der Waals surface area contributed by atoms with Crippen LogP contribution in [0.15, 0.2) is 11.4 Å². The molecule has 1 aliphatic rings. The van der Waals surface area contributed by atoms with Crippen LogP contribution in [-0.4, -0.2) is 22.0 Å². The van der Waals surface area contributed by atoms with E-state index in [-0.39, 0.29) is 0 Å². The molecule has 0 aliphatic carbocycles. The van der Waals surface area contributed by atoms with Gasteiger partial charge in [-0.15, -0.1) is 11.3 Å². The van der Waals surface area contributed by atoms with Crippen molar-refractivity contribution in [2.24, 2.45) is 5.84 Å². The molecule has 3 atom stereocenters. The standard InChI is InChI=1S/C11H18N2S3/c1-7-9(3-4-14-7)10(13-12)11-8(2)15-5-6-16-11/h3-4,8,10-11,13H,5-6,12H2,1-2H3. The molecule has 0 aromatic carbocycles. The van der Waals surface area contributed by atoms with E-state index in [0.717, 1.165) is 0 Å². The van der Waals surface area contributed by atoms with Crippen LogP contribution in [0.25, 0.3) is 0 Å². The van der Waals surface area contributed by atoms with Gasteiger partial charge in [0.1, 0.15) is 0 Å². The SMILES string of the molecule is Cc1sccc1C(NN)C1SCCSC1C. The van der Waals surface area contributed by atoms with Crippen molar-refractivity contribution in [1.82, 2.24) is 5.43 Å². The summed E-state index contributed by atoms with van der Waals surface area (Å²) in [5.74, 6) is 8.26. The Bertz CT molecular complexity index is 340. The van der Waals surface area contributed by atoms with Gasteiger partial charge in [-0.2, -0.15) is 23.5 Å². The lowest BCUT2D eigenvalue weighted by Gasteiger charge is -2.34. The molecule has 2 heterocycles. The van der Waals surface area contributed by atoms with Crippen LogP contribution in [0, 0.1) is 6.92 Å². The molecule has 0 spiro atoms.